The van der Waals surface area contributed by atoms with Crippen LogP contribution in [0.2, 0.25) is 0 Å². The smallest absolute Gasteiger partial charge is 0.0519 e. The Bertz CT molecular complexity index is 340. The molecule has 0 aromatic heterocycles. The lowest BCUT2D eigenvalue weighted by Crippen LogP contribution is -2.20. The number of halogens is 1. The summed E-state index contributed by atoms with van der Waals surface area (Å²) in [7, 11) is 0. The first kappa shape index (κ1) is 12.7. The predicted octanol–water partition coefficient (Wildman–Crippen LogP) is 3.91. The van der Waals surface area contributed by atoms with Crippen LogP contribution in [0.4, 0.5) is 0 Å². The second-order valence-corrected chi connectivity index (χ2v) is 4.96. The summed E-state index contributed by atoms with van der Waals surface area (Å²) in [5, 5.41) is 3.49. The number of rotatable bonds is 4. The van der Waals surface area contributed by atoms with Crippen molar-refractivity contribution in [2.24, 2.45) is 0 Å². The largest absolute Gasteiger partial charge is 0.307 e. The van der Waals surface area contributed by atoms with Crippen LogP contribution in [-0.2, 0) is 0 Å². The Balaban J connectivity index is 2.99. The van der Waals surface area contributed by atoms with Gasteiger partial charge in [0.2, 0.25) is 0 Å². The molecule has 1 aromatic rings. The number of allylic oxidation sites excluding steroid dienone is 1. The molecule has 1 unspecified atom stereocenters. The molecule has 0 amide bonds. The van der Waals surface area contributed by atoms with Gasteiger partial charge in [-0.1, -0.05) is 36.8 Å². The standard InChI is InChI=1S/C13H18IN/c1-4-15-13(9-10(2)3)11-7-5-6-8-12(11)14/h5-9,13,15H,4H2,1-3H3. The minimum atomic E-state index is 0.341. The van der Waals surface area contributed by atoms with Crippen molar-refractivity contribution in [2.75, 3.05) is 6.54 Å². The van der Waals surface area contributed by atoms with Gasteiger partial charge in [-0.25, -0.2) is 0 Å². The molecule has 1 aromatic carbocycles. The normalized spacial score (nSPS) is 12.3. The third kappa shape index (κ3) is 3.95. The fraction of sp³-hybridized carbons (Fsp3) is 0.385. The maximum Gasteiger partial charge on any atom is 0.0519 e. The summed E-state index contributed by atoms with van der Waals surface area (Å²) >= 11 is 2.39. The third-order valence-electron chi connectivity index (χ3n) is 2.16. The number of nitrogens with one attached hydrogen (secondary N) is 1. The predicted molar refractivity (Wildman–Crippen MR) is 75.0 cm³/mol. The van der Waals surface area contributed by atoms with Gasteiger partial charge in [0.1, 0.15) is 0 Å². The Morgan fingerprint density at radius 3 is 2.60 bits per heavy atom. The molecule has 0 aliphatic heterocycles. The van der Waals surface area contributed by atoms with Crippen molar-refractivity contribution in [1.29, 1.82) is 0 Å². The molecule has 0 radical (unpaired) electrons. The molecular weight excluding hydrogens is 297 g/mol. The Morgan fingerprint density at radius 2 is 2.07 bits per heavy atom. The van der Waals surface area contributed by atoms with E-state index in [1.54, 1.807) is 0 Å². The molecule has 1 nitrogen and oxygen atoms in total. The van der Waals surface area contributed by atoms with E-state index < -0.39 is 0 Å². The van der Waals surface area contributed by atoms with Crippen molar-refractivity contribution in [3.05, 3.63) is 45.0 Å². The Kier molecular flexibility index (Phi) is 5.32. The van der Waals surface area contributed by atoms with Crippen molar-refractivity contribution >= 4 is 22.6 Å². The molecule has 2 heteroatoms. The summed E-state index contributed by atoms with van der Waals surface area (Å²) in [6, 6.07) is 8.86. The van der Waals surface area contributed by atoms with E-state index in [1.807, 2.05) is 0 Å². The van der Waals surface area contributed by atoms with Crippen molar-refractivity contribution in [1.82, 2.24) is 5.32 Å². The van der Waals surface area contributed by atoms with Gasteiger partial charge in [0.15, 0.2) is 0 Å². The molecule has 0 bridgehead atoms. The van der Waals surface area contributed by atoms with Crippen LogP contribution in [0.3, 0.4) is 0 Å². The summed E-state index contributed by atoms with van der Waals surface area (Å²) < 4.78 is 1.32. The average molecular weight is 315 g/mol. The van der Waals surface area contributed by atoms with Gasteiger partial charge in [0.05, 0.1) is 6.04 Å². The van der Waals surface area contributed by atoms with E-state index in [2.05, 4.69) is 79.0 Å². The number of hydrogen-bond acceptors (Lipinski definition) is 1. The second-order valence-electron chi connectivity index (χ2n) is 3.80. The van der Waals surface area contributed by atoms with Crippen LogP contribution in [0.5, 0.6) is 0 Å². The minimum Gasteiger partial charge on any atom is -0.307 e. The maximum atomic E-state index is 3.49. The van der Waals surface area contributed by atoms with Gasteiger partial charge in [-0.05, 0) is 54.6 Å². The highest BCUT2D eigenvalue weighted by Gasteiger charge is 2.09. The zero-order valence-electron chi connectivity index (χ0n) is 9.55. The van der Waals surface area contributed by atoms with Gasteiger partial charge in [-0.15, -0.1) is 0 Å². The summed E-state index contributed by atoms with van der Waals surface area (Å²) in [6.45, 7) is 7.40. The SMILES string of the molecule is CCNC(C=C(C)C)c1ccccc1I. The van der Waals surface area contributed by atoms with Gasteiger partial charge in [-0.2, -0.15) is 0 Å². The first-order valence-electron chi connectivity index (χ1n) is 5.28. The Morgan fingerprint density at radius 1 is 1.40 bits per heavy atom. The molecule has 0 spiro atoms. The minimum absolute atomic E-state index is 0.341. The lowest BCUT2D eigenvalue weighted by atomic mass is 10.0. The molecule has 0 saturated carbocycles. The van der Waals surface area contributed by atoms with Crippen molar-refractivity contribution in [3.8, 4) is 0 Å². The van der Waals surface area contributed by atoms with Crippen molar-refractivity contribution in [2.45, 2.75) is 26.8 Å². The lowest BCUT2D eigenvalue weighted by Gasteiger charge is -2.16. The fourth-order valence-electron chi connectivity index (χ4n) is 1.54. The first-order valence-corrected chi connectivity index (χ1v) is 6.36. The van der Waals surface area contributed by atoms with Crippen LogP contribution in [0.1, 0.15) is 32.4 Å². The fourth-order valence-corrected chi connectivity index (χ4v) is 2.26. The lowest BCUT2D eigenvalue weighted by molar-refractivity contribution is 0.642. The van der Waals surface area contributed by atoms with Crippen LogP contribution >= 0.6 is 22.6 Å². The Hall–Kier alpha value is -0.350. The summed E-state index contributed by atoms with van der Waals surface area (Å²) in [5.41, 5.74) is 2.71. The molecule has 0 saturated heterocycles. The summed E-state index contributed by atoms with van der Waals surface area (Å²) in [5.74, 6) is 0. The monoisotopic (exact) mass is 315 g/mol. The van der Waals surface area contributed by atoms with E-state index >= 15 is 0 Å². The van der Waals surface area contributed by atoms with E-state index in [0.29, 0.717) is 6.04 Å². The Labute approximate surface area is 106 Å². The van der Waals surface area contributed by atoms with Gasteiger partial charge in [-0.3, -0.25) is 0 Å². The van der Waals surface area contributed by atoms with Gasteiger partial charge >= 0.3 is 0 Å². The zero-order chi connectivity index (χ0) is 11.3. The molecular formula is C13H18IN. The van der Waals surface area contributed by atoms with E-state index in [9.17, 15) is 0 Å². The number of hydrogen-bond donors (Lipinski definition) is 1. The maximum absolute atomic E-state index is 3.49. The number of benzene rings is 1. The molecule has 1 atom stereocenters. The molecule has 1 N–H and O–H groups in total. The average Bonchev–Trinajstić information content (AvgIpc) is 2.17. The number of likely N-dealkylation sites (N-methyl/N-ethyl adjacent to an activating group) is 1. The topological polar surface area (TPSA) is 12.0 Å². The van der Waals surface area contributed by atoms with Gasteiger partial charge in [0.25, 0.3) is 0 Å². The molecule has 82 valence electrons. The van der Waals surface area contributed by atoms with Crippen LogP contribution in [0, 0.1) is 3.57 Å². The zero-order valence-corrected chi connectivity index (χ0v) is 11.7. The molecule has 0 aliphatic carbocycles. The first-order chi connectivity index (χ1) is 7.15. The molecule has 0 aliphatic rings. The van der Waals surface area contributed by atoms with Crippen LogP contribution in [0.15, 0.2) is 35.9 Å². The second kappa shape index (κ2) is 6.28. The quantitative estimate of drug-likeness (QED) is 0.656. The molecule has 0 heterocycles. The van der Waals surface area contributed by atoms with E-state index in [4.69, 9.17) is 0 Å². The van der Waals surface area contributed by atoms with E-state index in [0.717, 1.165) is 6.54 Å². The highest BCUT2D eigenvalue weighted by atomic mass is 127. The van der Waals surface area contributed by atoms with Gasteiger partial charge < -0.3 is 5.32 Å². The molecule has 15 heavy (non-hydrogen) atoms. The highest BCUT2D eigenvalue weighted by Crippen LogP contribution is 2.21. The van der Waals surface area contributed by atoms with Crippen molar-refractivity contribution < 1.29 is 0 Å². The van der Waals surface area contributed by atoms with E-state index in [1.165, 1.54) is 14.7 Å². The van der Waals surface area contributed by atoms with Crippen molar-refractivity contribution in [3.63, 3.8) is 0 Å². The van der Waals surface area contributed by atoms with Crippen LogP contribution in [0.25, 0.3) is 0 Å². The van der Waals surface area contributed by atoms with Crippen LogP contribution < -0.4 is 5.32 Å². The molecule has 1 rings (SSSR count). The highest BCUT2D eigenvalue weighted by molar-refractivity contribution is 14.1. The van der Waals surface area contributed by atoms with E-state index in [-0.39, 0.29) is 0 Å². The summed E-state index contributed by atoms with van der Waals surface area (Å²) in [4.78, 5) is 0. The summed E-state index contributed by atoms with van der Waals surface area (Å²) in [6.07, 6.45) is 2.28. The van der Waals surface area contributed by atoms with Crippen LogP contribution in [-0.4, -0.2) is 6.54 Å². The third-order valence-corrected chi connectivity index (χ3v) is 3.15. The molecule has 0 fully saturated rings. The van der Waals surface area contributed by atoms with Gasteiger partial charge in [0, 0.05) is 3.57 Å².